The zero-order chi connectivity index (χ0) is 16.8. The van der Waals surface area contributed by atoms with Crippen LogP contribution in [0.3, 0.4) is 0 Å². The maximum Gasteiger partial charge on any atom is 0.257 e. The van der Waals surface area contributed by atoms with Gasteiger partial charge in [0.2, 0.25) is 0 Å². The minimum absolute atomic E-state index is 0.0601. The number of amides is 1. The third kappa shape index (κ3) is 3.70. The smallest absolute Gasteiger partial charge is 0.257 e. The van der Waals surface area contributed by atoms with Crippen molar-refractivity contribution in [2.75, 3.05) is 5.32 Å². The number of carbonyl (C=O) groups excluding carboxylic acids is 2. The van der Waals surface area contributed by atoms with E-state index in [1.165, 1.54) is 5.56 Å². The summed E-state index contributed by atoms with van der Waals surface area (Å²) < 4.78 is 0. The summed E-state index contributed by atoms with van der Waals surface area (Å²) in [6.45, 7) is 6.07. The molecule has 2 N–H and O–H groups in total. The SMILES string of the molecule is CC.CCc1cccc(NC(=O)c2c[nH]c3c2C(=O)CCC3)c1. The number of Topliss-reactive ketones (excluding diaryl/α,β-unsaturated/α-hetero) is 1. The molecule has 0 unspecified atom stereocenters. The highest BCUT2D eigenvalue weighted by molar-refractivity contribution is 6.13. The van der Waals surface area contributed by atoms with Crippen LogP contribution in [0.5, 0.6) is 0 Å². The summed E-state index contributed by atoms with van der Waals surface area (Å²) >= 11 is 0. The van der Waals surface area contributed by atoms with Crippen LogP contribution >= 0.6 is 0 Å². The molecule has 0 spiro atoms. The number of hydrogen-bond donors (Lipinski definition) is 2. The van der Waals surface area contributed by atoms with Crippen molar-refractivity contribution in [1.29, 1.82) is 0 Å². The molecule has 4 heteroatoms. The lowest BCUT2D eigenvalue weighted by Gasteiger charge is -2.12. The summed E-state index contributed by atoms with van der Waals surface area (Å²) in [5.41, 5.74) is 3.85. The predicted octanol–water partition coefficient (Wildman–Crippen LogP) is 4.37. The molecule has 1 heterocycles. The number of fused-ring (bicyclic) bond motifs is 1. The van der Waals surface area contributed by atoms with Gasteiger partial charge in [-0.15, -0.1) is 0 Å². The standard InChI is InChI=1S/C17H18N2O2.C2H6/c1-2-11-5-3-6-12(9-11)19-17(21)13-10-18-14-7-4-8-15(20)16(13)14;1-2/h3,5-6,9-10,18H,2,4,7-8H2,1H3,(H,19,21);1-2H3. The van der Waals surface area contributed by atoms with Crippen LogP contribution in [0.1, 0.15) is 65.6 Å². The van der Waals surface area contributed by atoms with E-state index in [1.807, 2.05) is 38.1 Å². The molecule has 1 aliphatic rings. The van der Waals surface area contributed by atoms with E-state index in [4.69, 9.17) is 0 Å². The molecule has 0 aliphatic heterocycles. The van der Waals surface area contributed by atoms with Crippen molar-refractivity contribution in [2.45, 2.75) is 46.5 Å². The molecule has 3 rings (SSSR count). The maximum absolute atomic E-state index is 12.4. The van der Waals surface area contributed by atoms with Crippen LogP contribution in [0.15, 0.2) is 30.5 Å². The molecule has 0 bridgehead atoms. The van der Waals surface area contributed by atoms with Crippen molar-refractivity contribution in [1.82, 2.24) is 4.98 Å². The van der Waals surface area contributed by atoms with Crippen molar-refractivity contribution in [2.24, 2.45) is 0 Å². The van der Waals surface area contributed by atoms with Crippen LogP contribution in [0.4, 0.5) is 5.69 Å². The van der Waals surface area contributed by atoms with Gasteiger partial charge in [0.1, 0.15) is 0 Å². The fraction of sp³-hybridized carbons (Fsp3) is 0.368. The second-order valence-electron chi connectivity index (χ2n) is 5.34. The normalized spacial score (nSPS) is 12.9. The molecule has 23 heavy (non-hydrogen) atoms. The summed E-state index contributed by atoms with van der Waals surface area (Å²) in [5.74, 6) is -0.166. The molecular formula is C19H24N2O2. The number of H-pyrrole nitrogens is 1. The van der Waals surface area contributed by atoms with Crippen LogP contribution in [-0.4, -0.2) is 16.7 Å². The monoisotopic (exact) mass is 312 g/mol. The molecule has 1 amide bonds. The van der Waals surface area contributed by atoms with E-state index >= 15 is 0 Å². The molecule has 0 saturated heterocycles. The minimum atomic E-state index is -0.226. The van der Waals surface area contributed by atoms with Gasteiger partial charge >= 0.3 is 0 Å². The third-order valence-electron chi connectivity index (χ3n) is 3.91. The van der Waals surface area contributed by atoms with Gasteiger partial charge in [-0.2, -0.15) is 0 Å². The van der Waals surface area contributed by atoms with Crippen molar-refractivity contribution in [3.05, 3.63) is 52.8 Å². The number of hydrogen-bond acceptors (Lipinski definition) is 2. The Kier molecular flexibility index (Phi) is 5.74. The molecular weight excluding hydrogens is 288 g/mol. The average Bonchev–Trinajstić information content (AvgIpc) is 3.02. The van der Waals surface area contributed by atoms with E-state index in [1.54, 1.807) is 6.20 Å². The molecule has 0 atom stereocenters. The van der Waals surface area contributed by atoms with E-state index in [2.05, 4.69) is 17.2 Å². The van der Waals surface area contributed by atoms with Crippen molar-refractivity contribution in [3.8, 4) is 0 Å². The number of nitrogens with one attached hydrogen (secondary N) is 2. The van der Waals surface area contributed by atoms with Crippen molar-refractivity contribution < 1.29 is 9.59 Å². The summed E-state index contributed by atoms with van der Waals surface area (Å²) in [5, 5.41) is 2.88. The highest BCUT2D eigenvalue weighted by Crippen LogP contribution is 2.24. The Morgan fingerprint density at radius 1 is 1.26 bits per heavy atom. The quantitative estimate of drug-likeness (QED) is 0.883. The van der Waals surface area contributed by atoms with Crippen molar-refractivity contribution >= 4 is 17.4 Å². The Morgan fingerprint density at radius 3 is 2.78 bits per heavy atom. The molecule has 0 saturated carbocycles. The molecule has 2 aromatic rings. The maximum atomic E-state index is 12.4. The molecule has 1 aliphatic carbocycles. The fourth-order valence-corrected chi connectivity index (χ4v) is 2.78. The van der Waals surface area contributed by atoms with E-state index in [-0.39, 0.29) is 11.7 Å². The van der Waals surface area contributed by atoms with Crippen LogP contribution in [0.25, 0.3) is 0 Å². The molecule has 1 aromatic carbocycles. The highest BCUT2D eigenvalue weighted by Gasteiger charge is 2.25. The molecule has 122 valence electrons. The molecule has 4 nitrogen and oxygen atoms in total. The van der Waals surface area contributed by atoms with Gasteiger partial charge in [0.25, 0.3) is 5.91 Å². The Morgan fingerprint density at radius 2 is 2.04 bits per heavy atom. The first-order valence-corrected chi connectivity index (χ1v) is 8.32. The van der Waals surface area contributed by atoms with E-state index in [0.29, 0.717) is 17.5 Å². The first-order chi connectivity index (χ1) is 11.2. The van der Waals surface area contributed by atoms with Crippen molar-refractivity contribution in [3.63, 3.8) is 0 Å². The van der Waals surface area contributed by atoms with Gasteiger partial charge in [-0.25, -0.2) is 0 Å². The average molecular weight is 312 g/mol. The first kappa shape index (κ1) is 17.0. The van der Waals surface area contributed by atoms with Gasteiger partial charge in [0.05, 0.1) is 11.1 Å². The minimum Gasteiger partial charge on any atom is -0.364 e. The Labute approximate surface area is 137 Å². The van der Waals surface area contributed by atoms with Gasteiger partial charge in [0, 0.05) is 24.0 Å². The van der Waals surface area contributed by atoms with E-state index in [9.17, 15) is 9.59 Å². The highest BCUT2D eigenvalue weighted by atomic mass is 16.2. The number of aromatic amines is 1. The van der Waals surface area contributed by atoms with Gasteiger partial charge in [-0.1, -0.05) is 32.9 Å². The van der Waals surface area contributed by atoms with Gasteiger partial charge < -0.3 is 10.3 Å². The van der Waals surface area contributed by atoms with Crippen LogP contribution in [0, 0.1) is 0 Å². The number of rotatable bonds is 3. The number of aromatic nitrogens is 1. The second-order valence-corrected chi connectivity index (χ2v) is 5.34. The van der Waals surface area contributed by atoms with Crippen LogP contribution in [-0.2, 0) is 12.8 Å². The van der Waals surface area contributed by atoms with Gasteiger partial charge in [-0.05, 0) is 37.0 Å². The van der Waals surface area contributed by atoms with E-state index in [0.717, 1.165) is 30.6 Å². The number of ketones is 1. The topological polar surface area (TPSA) is 62.0 Å². The summed E-state index contributed by atoms with van der Waals surface area (Å²) in [6, 6.07) is 7.76. The molecule has 1 aromatic heterocycles. The summed E-state index contributed by atoms with van der Waals surface area (Å²) in [4.78, 5) is 27.5. The number of anilines is 1. The van der Waals surface area contributed by atoms with Gasteiger partial charge in [-0.3, -0.25) is 9.59 Å². The van der Waals surface area contributed by atoms with Crippen LogP contribution in [0.2, 0.25) is 0 Å². The zero-order valence-corrected chi connectivity index (χ0v) is 14.0. The van der Waals surface area contributed by atoms with E-state index < -0.39 is 0 Å². The lowest BCUT2D eigenvalue weighted by atomic mass is 9.93. The number of aryl methyl sites for hydroxylation is 2. The first-order valence-electron chi connectivity index (χ1n) is 8.32. The Hall–Kier alpha value is -2.36. The number of carbonyl (C=O) groups is 2. The summed E-state index contributed by atoms with van der Waals surface area (Å²) in [7, 11) is 0. The van der Waals surface area contributed by atoms with Crippen LogP contribution < -0.4 is 5.32 Å². The fourth-order valence-electron chi connectivity index (χ4n) is 2.78. The molecule has 0 radical (unpaired) electrons. The Bertz CT molecular complexity index is 701. The predicted molar refractivity (Wildman–Crippen MR) is 93.2 cm³/mol. The zero-order valence-electron chi connectivity index (χ0n) is 14.0. The Balaban J connectivity index is 0.000000924. The molecule has 0 fully saturated rings. The largest absolute Gasteiger partial charge is 0.364 e. The summed E-state index contributed by atoms with van der Waals surface area (Å²) in [6.07, 6.45) is 4.77. The lowest BCUT2D eigenvalue weighted by molar-refractivity contribution is 0.0956. The lowest BCUT2D eigenvalue weighted by Crippen LogP contribution is -2.18. The third-order valence-corrected chi connectivity index (χ3v) is 3.91. The second kappa shape index (κ2) is 7.77. The number of benzene rings is 1. The van der Waals surface area contributed by atoms with Gasteiger partial charge in [0.15, 0.2) is 5.78 Å².